The molecule has 0 bridgehead atoms. The highest BCUT2D eigenvalue weighted by molar-refractivity contribution is 9.10. The first-order valence-corrected chi connectivity index (χ1v) is 7.06. The Bertz CT molecular complexity index is 643. The van der Waals surface area contributed by atoms with Gasteiger partial charge in [0.2, 0.25) is 0 Å². The van der Waals surface area contributed by atoms with Crippen molar-refractivity contribution in [2.75, 3.05) is 5.32 Å². The fraction of sp³-hybridized carbons (Fsp3) is 0.0714. The van der Waals surface area contributed by atoms with E-state index in [0.29, 0.717) is 11.4 Å². The molecule has 1 heterocycles. The van der Waals surface area contributed by atoms with Crippen LogP contribution in [0.1, 0.15) is 15.9 Å². The summed E-state index contributed by atoms with van der Waals surface area (Å²) in [4.78, 5) is 16.2. The number of halogens is 1. The highest BCUT2D eigenvalue weighted by Gasteiger charge is 2.10. The lowest BCUT2D eigenvalue weighted by atomic mass is 10.1. The molecule has 0 aliphatic rings. The Kier molecular flexibility index (Phi) is 4.81. The fourth-order valence-electron chi connectivity index (χ4n) is 1.60. The van der Waals surface area contributed by atoms with E-state index in [1.54, 1.807) is 18.3 Å². The third-order valence-corrected chi connectivity index (χ3v) is 3.26. The van der Waals surface area contributed by atoms with E-state index in [9.17, 15) is 4.79 Å². The monoisotopic (exact) mass is 349 g/mol. The van der Waals surface area contributed by atoms with Crippen LogP contribution in [0.2, 0.25) is 0 Å². The Morgan fingerprint density at radius 2 is 2.00 bits per heavy atom. The number of carbonyl (C=O) groups excluding carboxylic acids is 1. The number of rotatable bonds is 2. The number of anilines is 1. The predicted octanol–water partition coefficient (Wildman–Crippen LogP) is 3.28. The van der Waals surface area contributed by atoms with Crippen LogP contribution in [0.15, 0.2) is 47.1 Å². The van der Waals surface area contributed by atoms with Gasteiger partial charge in [0.1, 0.15) is 5.82 Å². The van der Waals surface area contributed by atoms with Gasteiger partial charge in [0.05, 0.1) is 0 Å². The summed E-state index contributed by atoms with van der Waals surface area (Å²) < 4.78 is 0.873. The van der Waals surface area contributed by atoms with Crippen LogP contribution in [0.5, 0.6) is 0 Å². The summed E-state index contributed by atoms with van der Waals surface area (Å²) in [7, 11) is 0. The lowest BCUT2D eigenvalue weighted by molar-refractivity contribution is 0.0977. The molecule has 1 aromatic heterocycles. The molecule has 1 aromatic carbocycles. The van der Waals surface area contributed by atoms with Gasteiger partial charge in [0.15, 0.2) is 5.11 Å². The van der Waals surface area contributed by atoms with Crippen LogP contribution in [0.4, 0.5) is 5.82 Å². The maximum absolute atomic E-state index is 12.1. The summed E-state index contributed by atoms with van der Waals surface area (Å²) in [5, 5.41) is 5.70. The second-order valence-electron chi connectivity index (χ2n) is 4.08. The number of aromatic nitrogens is 1. The zero-order valence-corrected chi connectivity index (χ0v) is 13.1. The van der Waals surface area contributed by atoms with E-state index in [1.807, 2.05) is 31.2 Å². The molecule has 6 heteroatoms. The maximum atomic E-state index is 12.1. The maximum Gasteiger partial charge on any atom is 0.257 e. The van der Waals surface area contributed by atoms with Gasteiger partial charge in [-0.15, -0.1) is 0 Å². The summed E-state index contributed by atoms with van der Waals surface area (Å²) >= 11 is 8.39. The summed E-state index contributed by atoms with van der Waals surface area (Å²) in [6.45, 7) is 1.88. The van der Waals surface area contributed by atoms with Crippen molar-refractivity contribution in [2.45, 2.75) is 6.92 Å². The van der Waals surface area contributed by atoms with Gasteiger partial charge in [0.25, 0.3) is 5.91 Å². The summed E-state index contributed by atoms with van der Waals surface area (Å²) in [6, 6.07) is 10.9. The number of amides is 1. The molecule has 0 saturated heterocycles. The van der Waals surface area contributed by atoms with E-state index in [2.05, 4.69) is 31.5 Å². The number of nitrogens with zero attached hydrogens (tertiary/aromatic N) is 1. The number of hydrogen-bond donors (Lipinski definition) is 2. The van der Waals surface area contributed by atoms with Gasteiger partial charge in [-0.05, 0) is 58.8 Å². The number of thiocarbonyl (C=S) groups is 1. The number of carbonyl (C=O) groups is 1. The van der Waals surface area contributed by atoms with Crippen molar-refractivity contribution in [3.8, 4) is 0 Å². The fourth-order valence-corrected chi connectivity index (χ4v) is 2.03. The van der Waals surface area contributed by atoms with Crippen molar-refractivity contribution in [1.29, 1.82) is 0 Å². The molecule has 0 aliphatic carbocycles. The molecule has 0 fully saturated rings. The molecular weight excluding hydrogens is 338 g/mol. The highest BCUT2D eigenvalue weighted by Crippen LogP contribution is 2.10. The number of pyridine rings is 1. The number of aryl methyl sites for hydroxylation is 1. The van der Waals surface area contributed by atoms with Gasteiger partial charge in [-0.3, -0.25) is 10.1 Å². The molecule has 0 unspecified atom stereocenters. The lowest BCUT2D eigenvalue weighted by Crippen LogP contribution is -2.34. The first kappa shape index (κ1) is 14.6. The first-order valence-electron chi connectivity index (χ1n) is 5.86. The SMILES string of the molecule is Cc1ccccc1C(=O)NC(=S)Nc1ccc(Br)cn1. The number of nitrogens with one attached hydrogen (secondary N) is 2. The molecule has 0 saturated carbocycles. The summed E-state index contributed by atoms with van der Waals surface area (Å²) in [5.74, 6) is 0.334. The van der Waals surface area contributed by atoms with Gasteiger partial charge < -0.3 is 5.32 Å². The molecular formula is C14H12BrN3OS. The van der Waals surface area contributed by atoms with Crippen molar-refractivity contribution in [2.24, 2.45) is 0 Å². The molecule has 2 rings (SSSR count). The predicted molar refractivity (Wildman–Crippen MR) is 86.8 cm³/mol. The van der Waals surface area contributed by atoms with Gasteiger partial charge in [-0.25, -0.2) is 4.98 Å². The Balaban J connectivity index is 2.00. The third kappa shape index (κ3) is 3.85. The molecule has 0 radical (unpaired) electrons. The lowest BCUT2D eigenvalue weighted by Gasteiger charge is -2.10. The molecule has 1 amide bonds. The highest BCUT2D eigenvalue weighted by atomic mass is 79.9. The van der Waals surface area contributed by atoms with Gasteiger partial charge >= 0.3 is 0 Å². The average Bonchev–Trinajstić information content (AvgIpc) is 2.41. The standard InChI is InChI=1S/C14H12BrN3OS/c1-9-4-2-3-5-11(9)13(19)18-14(20)17-12-7-6-10(15)8-16-12/h2-8H,1H3,(H2,16,17,18,19,20). The Morgan fingerprint density at radius 1 is 1.25 bits per heavy atom. The van der Waals surface area contributed by atoms with Crippen LogP contribution in [-0.2, 0) is 0 Å². The molecule has 0 spiro atoms. The van der Waals surface area contributed by atoms with Crippen LogP contribution < -0.4 is 10.6 Å². The van der Waals surface area contributed by atoms with Crippen molar-refractivity contribution in [3.63, 3.8) is 0 Å². The van der Waals surface area contributed by atoms with Crippen LogP contribution in [-0.4, -0.2) is 16.0 Å². The van der Waals surface area contributed by atoms with Gasteiger partial charge in [-0.2, -0.15) is 0 Å². The number of hydrogen-bond acceptors (Lipinski definition) is 3. The minimum absolute atomic E-state index is 0.216. The second-order valence-corrected chi connectivity index (χ2v) is 5.41. The Labute approximate surface area is 130 Å². The third-order valence-electron chi connectivity index (χ3n) is 2.59. The minimum atomic E-state index is -0.238. The average molecular weight is 350 g/mol. The van der Waals surface area contributed by atoms with Crippen LogP contribution >= 0.6 is 28.1 Å². The molecule has 2 N–H and O–H groups in total. The van der Waals surface area contributed by atoms with E-state index < -0.39 is 0 Å². The van der Waals surface area contributed by atoms with E-state index in [4.69, 9.17) is 12.2 Å². The topological polar surface area (TPSA) is 54.0 Å². The Hall–Kier alpha value is -1.79. The summed E-state index contributed by atoms with van der Waals surface area (Å²) in [5.41, 5.74) is 1.50. The van der Waals surface area contributed by atoms with E-state index >= 15 is 0 Å². The molecule has 102 valence electrons. The molecule has 0 aliphatic heterocycles. The molecule has 0 atom stereocenters. The molecule has 2 aromatic rings. The van der Waals surface area contributed by atoms with Crippen LogP contribution in [0, 0.1) is 6.92 Å². The van der Waals surface area contributed by atoms with Crippen molar-refractivity contribution < 1.29 is 4.79 Å². The zero-order chi connectivity index (χ0) is 14.5. The van der Waals surface area contributed by atoms with E-state index in [-0.39, 0.29) is 11.0 Å². The van der Waals surface area contributed by atoms with Gasteiger partial charge in [-0.1, -0.05) is 18.2 Å². The largest absolute Gasteiger partial charge is 0.317 e. The van der Waals surface area contributed by atoms with Crippen molar-refractivity contribution in [1.82, 2.24) is 10.3 Å². The molecule has 4 nitrogen and oxygen atoms in total. The van der Waals surface area contributed by atoms with Crippen LogP contribution in [0.3, 0.4) is 0 Å². The number of benzene rings is 1. The van der Waals surface area contributed by atoms with E-state index in [0.717, 1.165) is 10.0 Å². The quantitative estimate of drug-likeness (QED) is 0.817. The van der Waals surface area contributed by atoms with Crippen molar-refractivity contribution >= 4 is 45.0 Å². The minimum Gasteiger partial charge on any atom is -0.317 e. The normalized spacial score (nSPS) is 9.90. The first-order chi connectivity index (χ1) is 9.56. The summed E-state index contributed by atoms with van der Waals surface area (Å²) in [6.07, 6.45) is 1.65. The smallest absolute Gasteiger partial charge is 0.257 e. The molecule has 20 heavy (non-hydrogen) atoms. The van der Waals surface area contributed by atoms with Crippen LogP contribution in [0.25, 0.3) is 0 Å². The Morgan fingerprint density at radius 3 is 2.65 bits per heavy atom. The second kappa shape index (κ2) is 6.58. The van der Waals surface area contributed by atoms with Gasteiger partial charge in [0, 0.05) is 16.2 Å². The zero-order valence-electron chi connectivity index (χ0n) is 10.7. The van der Waals surface area contributed by atoms with Crippen molar-refractivity contribution in [3.05, 3.63) is 58.2 Å². The van der Waals surface area contributed by atoms with E-state index in [1.165, 1.54) is 0 Å².